The van der Waals surface area contributed by atoms with Crippen molar-refractivity contribution in [3.05, 3.63) is 0 Å². The van der Waals surface area contributed by atoms with E-state index in [1.54, 1.807) is 0 Å². The summed E-state index contributed by atoms with van der Waals surface area (Å²) >= 11 is 0. The Morgan fingerprint density at radius 3 is 2.47 bits per heavy atom. The van der Waals surface area contributed by atoms with Gasteiger partial charge in [0.1, 0.15) is 6.04 Å². The number of carboxylic acids is 1. The maximum Gasteiger partial charge on any atom is 0.326 e. The number of amides is 2. The van der Waals surface area contributed by atoms with Crippen molar-refractivity contribution in [1.82, 2.24) is 10.6 Å². The summed E-state index contributed by atoms with van der Waals surface area (Å²) in [4.78, 5) is 22.8. The predicted molar refractivity (Wildman–Crippen MR) is 71.0 cm³/mol. The van der Waals surface area contributed by atoms with Crippen LogP contribution in [0, 0.1) is 5.92 Å². The molecular formula is C13H24N2O4. The maximum absolute atomic E-state index is 11.7. The van der Waals surface area contributed by atoms with Gasteiger partial charge in [0.2, 0.25) is 0 Å². The summed E-state index contributed by atoms with van der Waals surface area (Å²) in [6.07, 6.45) is 2.51. The van der Waals surface area contributed by atoms with Crippen molar-refractivity contribution < 1.29 is 19.4 Å². The zero-order chi connectivity index (χ0) is 14.4. The van der Waals surface area contributed by atoms with Crippen molar-refractivity contribution in [2.24, 2.45) is 5.92 Å². The van der Waals surface area contributed by atoms with Crippen LogP contribution in [-0.2, 0) is 9.53 Å². The number of carbonyl (C=O) groups excluding carboxylic acids is 1. The minimum absolute atomic E-state index is 0.0860. The highest BCUT2D eigenvalue weighted by molar-refractivity contribution is 5.82. The number of ether oxygens (including phenoxy) is 1. The van der Waals surface area contributed by atoms with Gasteiger partial charge in [0.25, 0.3) is 0 Å². The lowest BCUT2D eigenvalue weighted by atomic mass is 9.89. The summed E-state index contributed by atoms with van der Waals surface area (Å²) in [6, 6.07) is -1.16. The van der Waals surface area contributed by atoms with Crippen LogP contribution < -0.4 is 10.6 Å². The van der Waals surface area contributed by atoms with Gasteiger partial charge >= 0.3 is 12.0 Å². The first-order valence-electron chi connectivity index (χ1n) is 6.89. The van der Waals surface area contributed by atoms with E-state index in [-0.39, 0.29) is 18.1 Å². The maximum atomic E-state index is 11.7. The lowest BCUT2D eigenvalue weighted by Crippen LogP contribution is -2.55. The smallest absolute Gasteiger partial charge is 0.326 e. The zero-order valence-electron chi connectivity index (χ0n) is 11.8. The Labute approximate surface area is 113 Å². The van der Waals surface area contributed by atoms with Crippen LogP contribution in [0.5, 0.6) is 0 Å². The molecule has 110 valence electrons. The van der Waals surface area contributed by atoms with Crippen LogP contribution in [0.1, 0.15) is 40.0 Å². The van der Waals surface area contributed by atoms with Gasteiger partial charge in [-0.2, -0.15) is 0 Å². The summed E-state index contributed by atoms with van der Waals surface area (Å²) in [5.41, 5.74) is 0. The highest BCUT2D eigenvalue weighted by Gasteiger charge is 2.32. The summed E-state index contributed by atoms with van der Waals surface area (Å²) in [6.45, 7) is 6.34. The molecule has 0 aliphatic heterocycles. The van der Waals surface area contributed by atoms with Gasteiger partial charge in [-0.25, -0.2) is 9.59 Å². The molecule has 0 aromatic rings. The number of carbonyl (C=O) groups is 2. The topological polar surface area (TPSA) is 87.7 Å². The van der Waals surface area contributed by atoms with E-state index in [1.807, 2.05) is 20.8 Å². The van der Waals surface area contributed by atoms with Gasteiger partial charge in [-0.15, -0.1) is 0 Å². The Bertz CT molecular complexity index is 316. The largest absolute Gasteiger partial charge is 0.480 e. The Morgan fingerprint density at radius 1 is 1.37 bits per heavy atom. The van der Waals surface area contributed by atoms with Gasteiger partial charge in [0.15, 0.2) is 0 Å². The van der Waals surface area contributed by atoms with Crippen LogP contribution in [0.25, 0.3) is 0 Å². The van der Waals surface area contributed by atoms with Crippen molar-refractivity contribution >= 4 is 12.0 Å². The second-order valence-corrected chi connectivity index (χ2v) is 5.06. The van der Waals surface area contributed by atoms with E-state index in [4.69, 9.17) is 9.84 Å². The average Bonchev–Trinajstić information content (AvgIpc) is 2.32. The molecule has 1 rings (SSSR count). The number of rotatable bonds is 7. The van der Waals surface area contributed by atoms with Crippen LogP contribution >= 0.6 is 0 Å². The van der Waals surface area contributed by atoms with Crippen molar-refractivity contribution in [2.75, 3.05) is 6.61 Å². The van der Waals surface area contributed by atoms with Crippen LogP contribution in [-0.4, -0.2) is 41.9 Å². The molecule has 6 heteroatoms. The molecule has 1 aliphatic rings. The van der Waals surface area contributed by atoms with Crippen LogP contribution in [0.4, 0.5) is 4.79 Å². The Hall–Kier alpha value is -1.30. The minimum Gasteiger partial charge on any atom is -0.480 e. The van der Waals surface area contributed by atoms with Crippen LogP contribution in [0.15, 0.2) is 0 Å². The fourth-order valence-electron chi connectivity index (χ4n) is 2.11. The Kier molecular flexibility index (Phi) is 6.08. The standard InChI is InChI=1S/C13H24N2O4/c1-4-8(3)11(12(16)17)15-13(18)14-9-6-10(7-9)19-5-2/h8-11H,4-7H2,1-3H3,(H,16,17)(H2,14,15,18)/t8?,9?,10?,11-/m0/s1. The van der Waals surface area contributed by atoms with Crippen molar-refractivity contribution in [1.29, 1.82) is 0 Å². The summed E-state index contributed by atoms with van der Waals surface area (Å²) in [5, 5.41) is 14.4. The normalized spacial score (nSPS) is 25.0. The van der Waals surface area contributed by atoms with E-state index in [0.717, 1.165) is 12.8 Å². The zero-order valence-corrected chi connectivity index (χ0v) is 11.8. The Morgan fingerprint density at radius 2 is 2.00 bits per heavy atom. The quantitative estimate of drug-likeness (QED) is 0.653. The molecule has 19 heavy (non-hydrogen) atoms. The van der Waals surface area contributed by atoms with E-state index in [0.29, 0.717) is 13.0 Å². The number of carboxylic acid groups (broad SMARTS) is 1. The molecule has 0 bridgehead atoms. The monoisotopic (exact) mass is 272 g/mol. The SMILES string of the molecule is CCOC1CC(NC(=O)N[C@H](C(=O)O)C(C)CC)C1. The summed E-state index contributed by atoms with van der Waals surface area (Å²) in [5.74, 6) is -1.09. The van der Waals surface area contributed by atoms with E-state index >= 15 is 0 Å². The fourth-order valence-corrected chi connectivity index (χ4v) is 2.11. The molecule has 1 fully saturated rings. The third-order valence-electron chi connectivity index (χ3n) is 3.60. The second-order valence-electron chi connectivity index (χ2n) is 5.06. The third-order valence-corrected chi connectivity index (χ3v) is 3.60. The number of hydrogen-bond acceptors (Lipinski definition) is 3. The summed E-state index contributed by atoms with van der Waals surface area (Å²) in [7, 11) is 0. The first-order valence-corrected chi connectivity index (χ1v) is 6.89. The van der Waals surface area contributed by atoms with Crippen molar-refractivity contribution in [2.45, 2.75) is 58.2 Å². The number of aliphatic carboxylic acids is 1. The van der Waals surface area contributed by atoms with Gasteiger partial charge in [0.05, 0.1) is 6.10 Å². The molecule has 1 unspecified atom stereocenters. The predicted octanol–water partition coefficient (Wildman–Crippen LogP) is 1.35. The van der Waals surface area contributed by atoms with E-state index in [2.05, 4.69) is 10.6 Å². The van der Waals surface area contributed by atoms with Crippen LogP contribution in [0.2, 0.25) is 0 Å². The second kappa shape index (κ2) is 7.33. The van der Waals surface area contributed by atoms with Gasteiger partial charge in [-0.05, 0) is 25.7 Å². The first kappa shape index (κ1) is 15.8. The molecule has 0 aromatic carbocycles. The summed E-state index contributed by atoms with van der Waals surface area (Å²) < 4.78 is 5.40. The molecule has 2 amide bonds. The molecule has 3 N–H and O–H groups in total. The van der Waals surface area contributed by atoms with Crippen molar-refractivity contribution in [3.63, 3.8) is 0 Å². The van der Waals surface area contributed by atoms with E-state index < -0.39 is 18.0 Å². The molecule has 0 radical (unpaired) electrons. The molecule has 0 aromatic heterocycles. The molecule has 1 aliphatic carbocycles. The lowest BCUT2D eigenvalue weighted by Gasteiger charge is -2.35. The lowest BCUT2D eigenvalue weighted by molar-refractivity contribution is -0.140. The molecular weight excluding hydrogens is 248 g/mol. The van der Waals surface area contributed by atoms with E-state index in [9.17, 15) is 9.59 Å². The molecule has 2 atom stereocenters. The number of nitrogens with one attached hydrogen (secondary N) is 2. The molecule has 1 saturated carbocycles. The molecule has 6 nitrogen and oxygen atoms in total. The fraction of sp³-hybridized carbons (Fsp3) is 0.846. The average molecular weight is 272 g/mol. The molecule has 0 saturated heterocycles. The molecule has 0 heterocycles. The first-order chi connectivity index (χ1) is 8.97. The minimum atomic E-state index is -0.995. The van der Waals surface area contributed by atoms with Crippen LogP contribution in [0.3, 0.4) is 0 Å². The highest BCUT2D eigenvalue weighted by atomic mass is 16.5. The van der Waals surface area contributed by atoms with Gasteiger partial charge in [0, 0.05) is 12.6 Å². The van der Waals surface area contributed by atoms with E-state index in [1.165, 1.54) is 0 Å². The number of urea groups is 1. The highest BCUT2D eigenvalue weighted by Crippen LogP contribution is 2.23. The van der Waals surface area contributed by atoms with Gasteiger partial charge < -0.3 is 20.5 Å². The third kappa shape index (κ3) is 4.70. The Balaban J connectivity index is 2.32. The molecule has 0 spiro atoms. The van der Waals surface area contributed by atoms with Gasteiger partial charge in [-0.1, -0.05) is 20.3 Å². The number of hydrogen-bond donors (Lipinski definition) is 3. The van der Waals surface area contributed by atoms with Crippen molar-refractivity contribution in [3.8, 4) is 0 Å². The van der Waals surface area contributed by atoms with Gasteiger partial charge in [-0.3, -0.25) is 0 Å².